The van der Waals surface area contributed by atoms with Gasteiger partial charge in [0.05, 0.1) is 5.69 Å². The first-order valence-corrected chi connectivity index (χ1v) is 7.08. The van der Waals surface area contributed by atoms with Crippen LogP contribution in [0.3, 0.4) is 0 Å². The lowest BCUT2D eigenvalue weighted by Crippen LogP contribution is -2.35. The number of rotatable bonds is 5. The van der Waals surface area contributed by atoms with Crippen LogP contribution < -0.4 is 5.32 Å². The van der Waals surface area contributed by atoms with Gasteiger partial charge >= 0.3 is 0 Å². The van der Waals surface area contributed by atoms with E-state index in [-0.39, 0.29) is 0 Å². The molecule has 0 aromatic carbocycles. The van der Waals surface area contributed by atoms with Crippen LogP contribution in [0.4, 0.5) is 0 Å². The van der Waals surface area contributed by atoms with Gasteiger partial charge in [-0.25, -0.2) is 4.98 Å². The van der Waals surface area contributed by atoms with Crippen molar-refractivity contribution in [2.45, 2.75) is 33.2 Å². The number of hydrogen-bond acceptors (Lipinski definition) is 3. The van der Waals surface area contributed by atoms with Gasteiger partial charge in [0, 0.05) is 23.8 Å². The molecule has 0 bridgehead atoms. The zero-order valence-corrected chi connectivity index (χ0v) is 11.8. The van der Waals surface area contributed by atoms with Crippen LogP contribution in [0.15, 0.2) is 17.8 Å². The predicted octanol–water partition coefficient (Wildman–Crippen LogP) is 2.82. The van der Waals surface area contributed by atoms with Gasteiger partial charge in [0.25, 0.3) is 0 Å². The van der Waals surface area contributed by atoms with Crippen LogP contribution in [0.5, 0.6) is 0 Å². The molecule has 2 unspecified atom stereocenters. The van der Waals surface area contributed by atoms with Crippen molar-refractivity contribution in [1.82, 2.24) is 14.7 Å². The normalized spacial score (nSPS) is 15.6. The molecule has 2 heterocycles. The molecule has 2 aromatic heterocycles. The van der Waals surface area contributed by atoms with Crippen molar-refractivity contribution >= 4 is 16.3 Å². The highest BCUT2D eigenvalue weighted by atomic mass is 32.1. The van der Waals surface area contributed by atoms with Gasteiger partial charge in [-0.1, -0.05) is 13.8 Å². The van der Waals surface area contributed by atoms with E-state index in [2.05, 4.69) is 53.2 Å². The summed E-state index contributed by atoms with van der Waals surface area (Å²) in [6.07, 6.45) is 5.28. The summed E-state index contributed by atoms with van der Waals surface area (Å²) < 4.78 is 2.11. The van der Waals surface area contributed by atoms with Crippen LogP contribution in [-0.2, 0) is 6.42 Å². The molecule has 0 aliphatic carbocycles. The molecule has 0 fully saturated rings. The van der Waals surface area contributed by atoms with Crippen LogP contribution in [0.1, 0.15) is 26.5 Å². The second kappa shape index (κ2) is 5.19. The molecule has 3 nitrogen and oxygen atoms in total. The molecule has 0 saturated heterocycles. The molecule has 0 amide bonds. The third-order valence-electron chi connectivity index (χ3n) is 3.54. The Bertz CT molecular complexity index is 443. The van der Waals surface area contributed by atoms with Crippen LogP contribution in [0.2, 0.25) is 0 Å². The molecule has 2 aromatic rings. The van der Waals surface area contributed by atoms with Gasteiger partial charge in [-0.15, -0.1) is 11.3 Å². The number of nitrogens with zero attached hydrogens (tertiary/aromatic N) is 2. The summed E-state index contributed by atoms with van der Waals surface area (Å²) in [4.78, 5) is 5.76. The quantitative estimate of drug-likeness (QED) is 0.885. The van der Waals surface area contributed by atoms with Crippen molar-refractivity contribution in [2.75, 3.05) is 7.05 Å². The van der Waals surface area contributed by atoms with Gasteiger partial charge in [0.15, 0.2) is 4.96 Å². The summed E-state index contributed by atoms with van der Waals surface area (Å²) in [5, 5.41) is 5.43. The van der Waals surface area contributed by atoms with Crippen molar-refractivity contribution in [3.63, 3.8) is 0 Å². The molecule has 2 rings (SSSR count). The van der Waals surface area contributed by atoms with Crippen molar-refractivity contribution in [3.8, 4) is 0 Å². The molecule has 4 heteroatoms. The highest BCUT2D eigenvalue weighted by Gasteiger charge is 2.21. The first kappa shape index (κ1) is 12.6. The van der Waals surface area contributed by atoms with Crippen molar-refractivity contribution in [1.29, 1.82) is 0 Å². The number of thiazole rings is 1. The Morgan fingerprint density at radius 1 is 1.41 bits per heavy atom. The van der Waals surface area contributed by atoms with Crippen LogP contribution in [0, 0.1) is 11.8 Å². The van der Waals surface area contributed by atoms with Crippen molar-refractivity contribution < 1.29 is 0 Å². The van der Waals surface area contributed by atoms with Gasteiger partial charge in [-0.05, 0) is 32.2 Å². The Hall–Kier alpha value is -0.870. The lowest BCUT2D eigenvalue weighted by atomic mass is 9.85. The molecule has 17 heavy (non-hydrogen) atoms. The second-order valence-electron chi connectivity index (χ2n) is 5.01. The molecule has 0 spiro atoms. The summed E-state index contributed by atoms with van der Waals surface area (Å²) in [6.45, 7) is 6.83. The van der Waals surface area contributed by atoms with Crippen molar-refractivity contribution in [3.05, 3.63) is 23.5 Å². The van der Waals surface area contributed by atoms with Crippen LogP contribution >= 0.6 is 11.3 Å². The third-order valence-corrected chi connectivity index (χ3v) is 4.31. The summed E-state index contributed by atoms with van der Waals surface area (Å²) in [5.74, 6) is 1.29. The van der Waals surface area contributed by atoms with E-state index in [1.807, 2.05) is 7.05 Å². The fourth-order valence-corrected chi connectivity index (χ4v) is 3.04. The van der Waals surface area contributed by atoms with Crippen LogP contribution in [-0.4, -0.2) is 22.5 Å². The van der Waals surface area contributed by atoms with E-state index >= 15 is 0 Å². The van der Waals surface area contributed by atoms with Gasteiger partial charge < -0.3 is 5.32 Å². The van der Waals surface area contributed by atoms with Gasteiger partial charge in [0.1, 0.15) is 0 Å². The van der Waals surface area contributed by atoms with E-state index in [1.165, 1.54) is 5.69 Å². The SMILES string of the molecule is CNC(C)C(Cc1cn2ccsc2n1)C(C)C. The Morgan fingerprint density at radius 2 is 2.18 bits per heavy atom. The Morgan fingerprint density at radius 3 is 2.76 bits per heavy atom. The number of fused-ring (bicyclic) bond motifs is 1. The smallest absolute Gasteiger partial charge is 0.193 e. The first-order chi connectivity index (χ1) is 8.11. The molecule has 0 aliphatic rings. The molecule has 2 atom stereocenters. The predicted molar refractivity (Wildman–Crippen MR) is 73.6 cm³/mol. The number of nitrogens with one attached hydrogen (secondary N) is 1. The molecule has 94 valence electrons. The van der Waals surface area contributed by atoms with Crippen molar-refractivity contribution in [2.24, 2.45) is 11.8 Å². The summed E-state index contributed by atoms with van der Waals surface area (Å²) in [7, 11) is 2.03. The topological polar surface area (TPSA) is 29.3 Å². The maximum atomic E-state index is 4.67. The zero-order chi connectivity index (χ0) is 12.4. The summed E-state index contributed by atoms with van der Waals surface area (Å²) in [6, 6.07) is 0.523. The maximum absolute atomic E-state index is 4.67. The summed E-state index contributed by atoms with van der Waals surface area (Å²) >= 11 is 1.69. The number of aromatic nitrogens is 2. The lowest BCUT2D eigenvalue weighted by molar-refractivity contribution is 0.298. The molecule has 1 N–H and O–H groups in total. The monoisotopic (exact) mass is 251 g/mol. The minimum atomic E-state index is 0.523. The van der Waals surface area contributed by atoms with E-state index in [4.69, 9.17) is 0 Å². The van der Waals surface area contributed by atoms with Crippen LogP contribution in [0.25, 0.3) is 4.96 Å². The van der Waals surface area contributed by atoms with E-state index in [1.54, 1.807) is 11.3 Å². The zero-order valence-electron chi connectivity index (χ0n) is 11.0. The molecular formula is C13H21N3S. The van der Waals surface area contributed by atoms with E-state index in [0.29, 0.717) is 17.9 Å². The van der Waals surface area contributed by atoms with Gasteiger partial charge in [-0.3, -0.25) is 4.40 Å². The standard InChI is InChI=1S/C13H21N3S/c1-9(2)12(10(3)14-4)7-11-8-16-5-6-17-13(16)15-11/h5-6,8-10,12,14H,7H2,1-4H3. The highest BCUT2D eigenvalue weighted by molar-refractivity contribution is 7.15. The third kappa shape index (κ3) is 2.69. The molecule has 0 radical (unpaired) electrons. The van der Waals surface area contributed by atoms with Gasteiger partial charge in [0.2, 0.25) is 0 Å². The minimum Gasteiger partial charge on any atom is -0.317 e. The maximum Gasteiger partial charge on any atom is 0.193 e. The number of hydrogen-bond donors (Lipinski definition) is 1. The molecule has 0 saturated carbocycles. The summed E-state index contributed by atoms with van der Waals surface area (Å²) in [5.41, 5.74) is 1.21. The highest BCUT2D eigenvalue weighted by Crippen LogP contribution is 2.21. The molecular weight excluding hydrogens is 230 g/mol. The second-order valence-corrected chi connectivity index (χ2v) is 5.89. The largest absolute Gasteiger partial charge is 0.317 e. The Kier molecular flexibility index (Phi) is 3.84. The molecule has 0 aliphatic heterocycles. The fourth-order valence-electron chi connectivity index (χ4n) is 2.32. The minimum absolute atomic E-state index is 0.523. The Labute approximate surface area is 107 Å². The Balaban J connectivity index is 2.14. The average molecular weight is 251 g/mol. The first-order valence-electron chi connectivity index (χ1n) is 6.20. The van der Waals surface area contributed by atoms with E-state index < -0.39 is 0 Å². The fraction of sp³-hybridized carbons (Fsp3) is 0.615. The number of imidazole rings is 1. The van der Waals surface area contributed by atoms with Gasteiger partial charge in [-0.2, -0.15) is 0 Å². The van der Waals surface area contributed by atoms with E-state index in [9.17, 15) is 0 Å². The average Bonchev–Trinajstić information content (AvgIpc) is 2.84. The van der Waals surface area contributed by atoms with E-state index in [0.717, 1.165) is 11.4 Å². The lowest BCUT2D eigenvalue weighted by Gasteiger charge is -2.26.